The van der Waals surface area contributed by atoms with E-state index in [9.17, 15) is 9.59 Å². The third-order valence-electron chi connectivity index (χ3n) is 2.54. The van der Waals surface area contributed by atoms with Crippen LogP contribution in [0.2, 0.25) is 0 Å². The molecule has 1 aromatic heterocycles. The van der Waals surface area contributed by atoms with E-state index in [1.54, 1.807) is 30.5 Å². The van der Waals surface area contributed by atoms with Crippen LogP contribution in [-0.2, 0) is 0 Å². The van der Waals surface area contributed by atoms with Gasteiger partial charge in [0.15, 0.2) is 0 Å². The third kappa shape index (κ3) is 2.45. The number of pyridine rings is 1. The second-order valence-electron chi connectivity index (χ2n) is 3.78. The summed E-state index contributed by atoms with van der Waals surface area (Å²) < 4.78 is 0. The maximum absolute atomic E-state index is 12.0. The molecule has 18 heavy (non-hydrogen) atoms. The fourth-order valence-corrected chi connectivity index (χ4v) is 1.55. The molecule has 0 spiro atoms. The van der Waals surface area contributed by atoms with Gasteiger partial charge in [-0.05, 0) is 18.2 Å². The van der Waals surface area contributed by atoms with E-state index in [2.05, 4.69) is 4.98 Å². The second-order valence-corrected chi connectivity index (χ2v) is 3.78. The van der Waals surface area contributed by atoms with Gasteiger partial charge < -0.3 is 0 Å². The number of hydrogen-bond donors (Lipinski definition) is 0. The summed E-state index contributed by atoms with van der Waals surface area (Å²) in [5.74, 6) is -0.413. The fourth-order valence-electron chi connectivity index (χ4n) is 1.55. The lowest BCUT2D eigenvalue weighted by molar-refractivity contribution is 0.0806. The lowest BCUT2D eigenvalue weighted by Gasteiger charge is -2.24. The lowest BCUT2D eigenvalue weighted by atomic mass is 10.3. The van der Waals surface area contributed by atoms with Gasteiger partial charge in [0.25, 0.3) is 5.91 Å². The number of urea groups is 1. The Morgan fingerprint density at radius 3 is 2.78 bits per heavy atom. The molecule has 3 amide bonds. The normalized spacial score (nSPS) is 13.5. The van der Waals surface area contributed by atoms with Crippen LogP contribution in [0.25, 0.3) is 0 Å². The molecule has 0 N–H and O–H groups in total. The summed E-state index contributed by atoms with van der Waals surface area (Å²) in [6.45, 7) is 0.467. The molecule has 1 aliphatic rings. The van der Waals surface area contributed by atoms with Crippen LogP contribution in [0.1, 0.15) is 10.5 Å². The van der Waals surface area contributed by atoms with Crippen molar-refractivity contribution in [3.8, 4) is 0 Å². The van der Waals surface area contributed by atoms with Gasteiger partial charge in [-0.2, -0.15) is 0 Å². The SMILES string of the molecule is CN(C(=O)c1ccccn1)C(=O)N1C=CC=CC1. The van der Waals surface area contributed by atoms with Crippen LogP contribution in [0.3, 0.4) is 0 Å². The molecule has 0 bridgehead atoms. The summed E-state index contributed by atoms with van der Waals surface area (Å²) in [5, 5.41) is 0. The molecule has 0 aliphatic carbocycles. The van der Waals surface area contributed by atoms with E-state index >= 15 is 0 Å². The van der Waals surface area contributed by atoms with E-state index in [4.69, 9.17) is 0 Å². The Labute approximate surface area is 105 Å². The summed E-state index contributed by atoms with van der Waals surface area (Å²) in [6.07, 6.45) is 8.61. The van der Waals surface area contributed by atoms with Crippen LogP contribution in [0.15, 0.2) is 48.8 Å². The molecule has 92 valence electrons. The highest BCUT2D eigenvalue weighted by molar-refractivity contribution is 6.03. The van der Waals surface area contributed by atoms with Gasteiger partial charge in [-0.25, -0.2) is 4.79 Å². The van der Waals surface area contributed by atoms with E-state index in [0.29, 0.717) is 6.54 Å². The van der Waals surface area contributed by atoms with Gasteiger partial charge in [0.05, 0.1) is 0 Å². The number of amides is 3. The highest BCUT2D eigenvalue weighted by Crippen LogP contribution is 2.06. The monoisotopic (exact) mass is 243 g/mol. The molecule has 0 radical (unpaired) electrons. The average Bonchev–Trinajstić information content (AvgIpc) is 2.47. The summed E-state index contributed by atoms with van der Waals surface area (Å²) in [7, 11) is 1.45. The average molecular weight is 243 g/mol. The van der Waals surface area contributed by atoms with Crippen molar-refractivity contribution < 1.29 is 9.59 Å². The molecule has 5 heteroatoms. The second kappa shape index (κ2) is 5.27. The molecule has 2 rings (SSSR count). The van der Waals surface area contributed by atoms with Crippen molar-refractivity contribution in [2.24, 2.45) is 0 Å². The number of carbonyl (C=O) groups excluding carboxylic acids is 2. The van der Waals surface area contributed by atoms with Gasteiger partial charge >= 0.3 is 6.03 Å². The van der Waals surface area contributed by atoms with Crippen LogP contribution in [-0.4, -0.2) is 40.3 Å². The summed E-state index contributed by atoms with van der Waals surface area (Å²) in [6, 6.07) is 4.64. The van der Waals surface area contributed by atoms with Gasteiger partial charge in [0.2, 0.25) is 0 Å². The first-order valence-corrected chi connectivity index (χ1v) is 5.53. The van der Waals surface area contributed by atoms with E-state index in [1.165, 1.54) is 18.1 Å². The quantitative estimate of drug-likeness (QED) is 0.753. The Balaban J connectivity index is 2.09. The minimum atomic E-state index is -0.413. The maximum Gasteiger partial charge on any atom is 0.331 e. The highest BCUT2D eigenvalue weighted by atomic mass is 16.2. The van der Waals surface area contributed by atoms with E-state index < -0.39 is 5.91 Å². The smallest absolute Gasteiger partial charge is 0.297 e. The first-order chi connectivity index (χ1) is 8.70. The molecule has 0 saturated heterocycles. The molecule has 1 aliphatic heterocycles. The zero-order chi connectivity index (χ0) is 13.0. The predicted molar refractivity (Wildman–Crippen MR) is 66.7 cm³/mol. The number of imide groups is 1. The van der Waals surface area contributed by atoms with Crippen LogP contribution >= 0.6 is 0 Å². The van der Waals surface area contributed by atoms with Crippen LogP contribution in [0, 0.1) is 0 Å². The molecule has 1 aromatic rings. The number of carbonyl (C=O) groups is 2. The standard InChI is InChI=1S/C13H13N3O2/c1-15(12(17)11-7-3-4-8-14-11)13(18)16-9-5-2-6-10-16/h2-9H,10H2,1H3. The largest absolute Gasteiger partial charge is 0.331 e. The van der Waals surface area contributed by atoms with Gasteiger partial charge in [0, 0.05) is 26.0 Å². The van der Waals surface area contributed by atoms with Gasteiger partial charge in [-0.3, -0.25) is 19.6 Å². The molecule has 2 heterocycles. The Morgan fingerprint density at radius 2 is 2.17 bits per heavy atom. The summed E-state index contributed by atoms with van der Waals surface area (Å²) in [4.78, 5) is 30.5. The molecule has 0 unspecified atom stereocenters. The zero-order valence-corrected chi connectivity index (χ0v) is 9.98. The fraction of sp³-hybridized carbons (Fsp3) is 0.154. The first-order valence-electron chi connectivity index (χ1n) is 5.53. The zero-order valence-electron chi connectivity index (χ0n) is 9.98. The molecule has 0 saturated carbocycles. The molecule has 0 atom stereocenters. The summed E-state index contributed by atoms with van der Waals surface area (Å²) in [5.41, 5.74) is 0.255. The van der Waals surface area contributed by atoms with Gasteiger partial charge in [0.1, 0.15) is 5.69 Å². The Morgan fingerprint density at radius 1 is 1.33 bits per heavy atom. The number of allylic oxidation sites excluding steroid dienone is 2. The molecule has 0 fully saturated rings. The van der Waals surface area contributed by atoms with Crippen molar-refractivity contribution in [3.63, 3.8) is 0 Å². The van der Waals surface area contributed by atoms with Crippen molar-refractivity contribution >= 4 is 11.9 Å². The van der Waals surface area contributed by atoms with Crippen molar-refractivity contribution in [1.29, 1.82) is 0 Å². The maximum atomic E-state index is 12.0. The lowest BCUT2D eigenvalue weighted by Crippen LogP contribution is -2.42. The Kier molecular flexibility index (Phi) is 3.52. The van der Waals surface area contributed by atoms with E-state index in [-0.39, 0.29) is 11.7 Å². The Bertz CT molecular complexity index is 508. The number of aromatic nitrogens is 1. The van der Waals surface area contributed by atoms with Crippen LogP contribution in [0.4, 0.5) is 4.79 Å². The molecule has 0 aromatic carbocycles. The molecular weight excluding hydrogens is 230 g/mol. The van der Waals surface area contributed by atoms with Crippen molar-refractivity contribution in [2.45, 2.75) is 0 Å². The number of nitrogens with zero attached hydrogens (tertiary/aromatic N) is 3. The molecule has 5 nitrogen and oxygen atoms in total. The van der Waals surface area contributed by atoms with Crippen molar-refractivity contribution in [2.75, 3.05) is 13.6 Å². The van der Waals surface area contributed by atoms with Gasteiger partial charge in [-0.1, -0.05) is 18.2 Å². The van der Waals surface area contributed by atoms with Crippen LogP contribution < -0.4 is 0 Å². The number of hydrogen-bond acceptors (Lipinski definition) is 3. The third-order valence-corrected chi connectivity index (χ3v) is 2.54. The van der Waals surface area contributed by atoms with Crippen LogP contribution in [0.5, 0.6) is 0 Å². The minimum absolute atomic E-state index is 0.255. The predicted octanol–water partition coefficient (Wildman–Crippen LogP) is 1.66. The van der Waals surface area contributed by atoms with Crippen molar-refractivity contribution in [1.82, 2.24) is 14.8 Å². The topological polar surface area (TPSA) is 53.5 Å². The number of rotatable bonds is 1. The Hall–Kier alpha value is -2.43. The molecular formula is C13H13N3O2. The van der Waals surface area contributed by atoms with E-state index in [0.717, 1.165) is 4.90 Å². The minimum Gasteiger partial charge on any atom is -0.297 e. The summed E-state index contributed by atoms with van der Waals surface area (Å²) >= 11 is 0. The van der Waals surface area contributed by atoms with E-state index in [1.807, 2.05) is 12.2 Å². The highest BCUT2D eigenvalue weighted by Gasteiger charge is 2.23. The van der Waals surface area contributed by atoms with Crippen molar-refractivity contribution in [3.05, 3.63) is 54.5 Å². The van der Waals surface area contributed by atoms with Gasteiger partial charge in [-0.15, -0.1) is 0 Å². The first kappa shape index (κ1) is 12.0.